The number of carboxylic acid groups (broad SMARTS) is 1. The fourth-order valence-corrected chi connectivity index (χ4v) is 3.58. The molecule has 0 amide bonds. The van der Waals surface area contributed by atoms with Crippen LogP contribution in [0.15, 0.2) is 42.5 Å². The molecule has 0 atom stereocenters. The summed E-state index contributed by atoms with van der Waals surface area (Å²) >= 11 is 1.69. The van der Waals surface area contributed by atoms with Crippen LogP contribution < -0.4 is 0 Å². The first-order chi connectivity index (χ1) is 11.0. The number of nitrogens with zero attached hydrogens (tertiary/aromatic N) is 1. The number of aromatic nitrogens is 1. The molecule has 4 heteroatoms. The minimum absolute atomic E-state index is 0.302. The Morgan fingerprint density at radius 3 is 2.22 bits per heavy atom. The summed E-state index contributed by atoms with van der Waals surface area (Å²) in [6.45, 7) is 6.11. The van der Waals surface area contributed by atoms with Crippen molar-refractivity contribution in [1.82, 2.24) is 4.98 Å². The van der Waals surface area contributed by atoms with Crippen molar-refractivity contribution in [1.29, 1.82) is 0 Å². The molecule has 1 aromatic heterocycles. The zero-order valence-electron chi connectivity index (χ0n) is 13.3. The fraction of sp³-hybridized carbons (Fsp3) is 0.158. The van der Waals surface area contributed by atoms with Crippen LogP contribution in [0.25, 0.3) is 21.6 Å². The van der Waals surface area contributed by atoms with Crippen molar-refractivity contribution in [2.75, 3.05) is 0 Å². The first-order valence-corrected chi connectivity index (χ1v) is 8.16. The van der Waals surface area contributed by atoms with Crippen LogP contribution in [-0.2, 0) is 0 Å². The van der Waals surface area contributed by atoms with Crippen LogP contribution in [0, 0.1) is 20.8 Å². The minimum Gasteiger partial charge on any atom is -0.478 e. The van der Waals surface area contributed by atoms with Crippen LogP contribution in [0.5, 0.6) is 0 Å². The number of benzene rings is 2. The number of carbonyl (C=O) groups is 1. The molecule has 1 heterocycles. The van der Waals surface area contributed by atoms with Crippen molar-refractivity contribution < 1.29 is 9.90 Å². The van der Waals surface area contributed by atoms with Crippen molar-refractivity contribution in [3.05, 3.63) is 64.3 Å². The maximum absolute atomic E-state index is 11.0. The number of aromatic carboxylic acids is 1. The van der Waals surface area contributed by atoms with E-state index in [0.29, 0.717) is 5.56 Å². The van der Waals surface area contributed by atoms with Crippen LogP contribution in [0.1, 0.15) is 26.6 Å². The van der Waals surface area contributed by atoms with E-state index < -0.39 is 5.97 Å². The van der Waals surface area contributed by atoms with Crippen LogP contribution in [0.3, 0.4) is 0 Å². The third kappa shape index (κ3) is 3.03. The van der Waals surface area contributed by atoms with Gasteiger partial charge in [-0.15, -0.1) is 11.3 Å². The molecule has 2 aromatic carbocycles. The summed E-state index contributed by atoms with van der Waals surface area (Å²) in [6, 6.07) is 13.4. The second-order valence-corrected chi connectivity index (χ2v) is 6.76. The Hall–Kier alpha value is -2.46. The lowest BCUT2D eigenvalue weighted by Gasteiger charge is -2.09. The van der Waals surface area contributed by atoms with Crippen LogP contribution in [0.2, 0.25) is 0 Å². The quantitative estimate of drug-likeness (QED) is 0.729. The number of carboxylic acids is 1. The van der Waals surface area contributed by atoms with Crippen molar-refractivity contribution in [3.63, 3.8) is 0 Å². The standard InChI is InChI=1S/C19H17NO2S/c1-11-4-5-16(18-12(2)20-13(3)23-18)10-17(11)14-6-8-15(9-7-14)19(21)22/h4-10H,1-3H3,(H,21,22). The third-order valence-corrected chi connectivity index (χ3v) is 4.97. The normalized spacial score (nSPS) is 10.7. The van der Waals surface area contributed by atoms with Crippen molar-refractivity contribution in [3.8, 4) is 21.6 Å². The zero-order valence-corrected chi connectivity index (χ0v) is 14.1. The third-order valence-electron chi connectivity index (χ3n) is 3.85. The Morgan fingerprint density at radius 1 is 1.00 bits per heavy atom. The van der Waals surface area contributed by atoms with Gasteiger partial charge in [0.15, 0.2) is 0 Å². The van der Waals surface area contributed by atoms with Gasteiger partial charge in [0.2, 0.25) is 0 Å². The first kappa shape index (κ1) is 15.4. The van der Waals surface area contributed by atoms with Crippen molar-refractivity contribution in [2.45, 2.75) is 20.8 Å². The SMILES string of the molecule is Cc1nc(C)c(-c2ccc(C)c(-c3ccc(C(=O)O)cc3)c2)s1. The minimum atomic E-state index is -0.905. The van der Waals surface area contributed by atoms with Gasteiger partial charge in [-0.25, -0.2) is 9.78 Å². The summed E-state index contributed by atoms with van der Waals surface area (Å²) < 4.78 is 0. The molecule has 116 valence electrons. The molecule has 0 fully saturated rings. The highest BCUT2D eigenvalue weighted by atomic mass is 32.1. The molecule has 0 saturated carbocycles. The molecule has 0 unspecified atom stereocenters. The monoisotopic (exact) mass is 323 g/mol. The Balaban J connectivity index is 2.07. The van der Waals surface area contributed by atoms with Crippen molar-refractivity contribution in [2.24, 2.45) is 0 Å². The average molecular weight is 323 g/mol. The highest BCUT2D eigenvalue weighted by Crippen LogP contribution is 2.34. The van der Waals surface area contributed by atoms with Gasteiger partial charge in [0.05, 0.1) is 21.1 Å². The van der Waals surface area contributed by atoms with Crippen LogP contribution in [-0.4, -0.2) is 16.1 Å². The van der Waals surface area contributed by atoms with E-state index in [9.17, 15) is 4.79 Å². The van der Waals surface area contributed by atoms with Gasteiger partial charge < -0.3 is 5.11 Å². The maximum atomic E-state index is 11.0. The lowest BCUT2D eigenvalue weighted by molar-refractivity contribution is 0.0697. The molecule has 3 nitrogen and oxygen atoms in total. The largest absolute Gasteiger partial charge is 0.478 e. The lowest BCUT2D eigenvalue weighted by Crippen LogP contribution is -1.95. The molecule has 0 aliphatic heterocycles. The average Bonchev–Trinajstić information content (AvgIpc) is 2.86. The summed E-state index contributed by atoms with van der Waals surface area (Å²) in [5, 5.41) is 10.1. The Kier molecular flexibility index (Phi) is 4.01. The smallest absolute Gasteiger partial charge is 0.335 e. The lowest BCUT2D eigenvalue weighted by atomic mass is 9.96. The number of thiazole rings is 1. The highest BCUT2D eigenvalue weighted by Gasteiger charge is 2.11. The molecule has 0 aliphatic carbocycles. The molecule has 3 rings (SSSR count). The van der Waals surface area contributed by atoms with Gasteiger partial charge in [0, 0.05) is 0 Å². The van der Waals surface area contributed by atoms with Gasteiger partial charge in [-0.2, -0.15) is 0 Å². The molecule has 0 aliphatic rings. The predicted molar refractivity (Wildman–Crippen MR) is 94.2 cm³/mol. The van der Waals surface area contributed by atoms with Gasteiger partial charge in [-0.1, -0.05) is 24.3 Å². The van der Waals surface area contributed by atoms with E-state index in [0.717, 1.165) is 33.0 Å². The fourth-order valence-electron chi connectivity index (χ4n) is 2.67. The molecule has 0 radical (unpaired) electrons. The molecule has 1 N–H and O–H groups in total. The van der Waals surface area contributed by atoms with E-state index in [4.69, 9.17) is 5.11 Å². The zero-order chi connectivity index (χ0) is 16.6. The highest BCUT2D eigenvalue weighted by molar-refractivity contribution is 7.15. The first-order valence-electron chi connectivity index (χ1n) is 7.34. The van der Waals surface area contributed by atoms with E-state index in [1.807, 2.05) is 26.0 Å². The van der Waals surface area contributed by atoms with Gasteiger partial charge >= 0.3 is 5.97 Å². The number of hydrogen-bond acceptors (Lipinski definition) is 3. The molecule has 23 heavy (non-hydrogen) atoms. The Bertz CT molecular complexity index is 879. The van der Waals surface area contributed by atoms with E-state index in [2.05, 4.69) is 30.1 Å². The predicted octanol–water partition coefficient (Wildman–Crippen LogP) is 5.10. The molecular weight excluding hydrogens is 306 g/mol. The molecule has 3 aromatic rings. The van der Waals surface area contributed by atoms with E-state index >= 15 is 0 Å². The Labute approximate surface area is 139 Å². The second kappa shape index (κ2) is 5.97. The van der Waals surface area contributed by atoms with E-state index in [-0.39, 0.29) is 0 Å². The molecule has 0 saturated heterocycles. The van der Waals surface area contributed by atoms with E-state index in [1.165, 1.54) is 4.88 Å². The topological polar surface area (TPSA) is 50.2 Å². The van der Waals surface area contributed by atoms with E-state index in [1.54, 1.807) is 23.5 Å². The van der Waals surface area contributed by atoms with Gasteiger partial charge in [-0.05, 0) is 61.2 Å². The summed E-state index contributed by atoms with van der Waals surface area (Å²) in [6.07, 6.45) is 0. The molecule has 0 bridgehead atoms. The Morgan fingerprint density at radius 2 is 1.65 bits per heavy atom. The summed E-state index contributed by atoms with van der Waals surface area (Å²) in [5.74, 6) is -0.905. The summed E-state index contributed by atoms with van der Waals surface area (Å²) in [4.78, 5) is 16.7. The van der Waals surface area contributed by atoms with Crippen LogP contribution in [0.4, 0.5) is 0 Å². The summed E-state index contributed by atoms with van der Waals surface area (Å²) in [5.41, 5.74) is 5.80. The van der Waals surface area contributed by atoms with Gasteiger partial charge in [0.25, 0.3) is 0 Å². The van der Waals surface area contributed by atoms with Gasteiger partial charge in [-0.3, -0.25) is 0 Å². The van der Waals surface area contributed by atoms with Gasteiger partial charge in [0.1, 0.15) is 0 Å². The maximum Gasteiger partial charge on any atom is 0.335 e. The molecule has 0 spiro atoms. The molecular formula is C19H17NO2S. The summed E-state index contributed by atoms with van der Waals surface area (Å²) in [7, 11) is 0. The number of hydrogen-bond donors (Lipinski definition) is 1. The van der Waals surface area contributed by atoms with Crippen LogP contribution >= 0.6 is 11.3 Å². The number of aryl methyl sites for hydroxylation is 3. The second-order valence-electron chi connectivity index (χ2n) is 5.56. The van der Waals surface area contributed by atoms with Crippen molar-refractivity contribution >= 4 is 17.3 Å². The number of rotatable bonds is 3.